The third-order valence-corrected chi connectivity index (χ3v) is 3.28. The van der Waals surface area contributed by atoms with E-state index in [1.54, 1.807) is 0 Å². The Kier molecular flexibility index (Phi) is 8.56. The number of alkyl halides is 1. The van der Waals surface area contributed by atoms with Crippen LogP contribution in [0.1, 0.15) is 19.8 Å². The van der Waals surface area contributed by atoms with Crippen LogP contribution in [-0.2, 0) is 14.8 Å². The minimum Gasteiger partial charge on any atom is -0.381 e. The van der Waals surface area contributed by atoms with Gasteiger partial charge in [0, 0.05) is 25.6 Å². The van der Waals surface area contributed by atoms with Crippen LogP contribution in [0, 0.1) is 0 Å². The predicted octanol–water partition coefficient (Wildman–Crippen LogP) is 0.961. The fourth-order valence-electron chi connectivity index (χ4n) is 0.822. The quantitative estimate of drug-likeness (QED) is 0.485. The Morgan fingerprint density at radius 1 is 1.36 bits per heavy atom. The minimum absolute atomic E-state index is 0.0234. The minimum atomic E-state index is -3.16. The van der Waals surface area contributed by atoms with Gasteiger partial charge in [-0.15, -0.1) is 11.6 Å². The lowest BCUT2D eigenvalue weighted by atomic mass is 10.4. The summed E-state index contributed by atoms with van der Waals surface area (Å²) in [5.74, 6) is 0.103. The Morgan fingerprint density at radius 2 is 2.07 bits per heavy atom. The van der Waals surface area contributed by atoms with Crippen molar-refractivity contribution in [2.45, 2.75) is 19.8 Å². The predicted molar refractivity (Wildman–Crippen MR) is 58.2 cm³/mol. The number of ether oxygens (including phenoxy) is 1. The van der Waals surface area contributed by atoms with Crippen molar-refractivity contribution in [1.82, 2.24) is 4.72 Å². The second kappa shape index (κ2) is 8.47. The van der Waals surface area contributed by atoms with Crippen molar-refractivity contribution >= 4 is 21.6 Å². The molecule has 0 aliphatic heterocycles. The van der Waals surface area contributed by atoms with Crippen LogP contribution in [0.25, 0.3) is 0 Å². The Bertz CT molecular complexity index is 219. The summed E-state index contributed by atoms with van der Waals surface area (Å²) < 4.78 is 29.8. The zero-order valence-corrected chi connectivity index (χ0v) is 10.0. The molecule has 0 aromatic carbocycles. The first-order valence-corrected chi connectivity index (χ1v) is 6.92. The lowest BCUT2D eigenvalue weighted by Crippen LogP contribution is -2.28. The van der Waals surface area contributed by atoms with E-state index in [-0.39, 0.29) is 11.6 Å². The molecule has 0 spiro atoms. The maximum atomic E-state index is 11.1. The highest BCUT2D eigenvalue weighted by Crippen LogP contribution is 1.89. The lowest BCUT2D eigenvalue weighted by Gasteiger charge is -2.05. The van der Waals surface area contributed by atoms with Gasteiger partial charge in [0.05, 0.1) is 5.75 Å². The van der Waals surface area contributed by atoms with Gasteiger partial charge in [0.15, 0.2) is 0 Å². The van der Waals surface area contributed by atoms with Gasteiger partial charge < -0.3 is 4.74 Å². The lowest BCUT2D eigenvalue weighted by molar-refractivity contribution is 0.133. The number of hydrogen-bond donors (Lipinski definition) is 1. The van der Waals surface area contributed by atoms with Crippen molar-refractivity contribution in [3.05, 3.63) is 0 Å². The summed E-state index contributed by atoms with van der Waals surface area (Å²) in [4.78, 5) is 0. The fourth-order valence-corrected chi connectivity index (χ4v) is 2.23. The van der Waals surface area contributed by atoms with Crippen LogP contribution in [0.3, 0.4) is 0 Å². The van der Waals surface area contributed by atoms with Crippen LogP contribution in [-0.4, -0.2) is 39.8 Å². The SMILES string of the molecule is CCCOCCCNS(=O)(=O)CCCl. The number of rotatable bonds is 9. The van der Waals surface area contributed by atoms with Crippen molar-refractivity contribution in [2.24, 2.45) is 0 Å². The van der Waals surface area contributed by atoms with Crippen LogP contribution < -0.4 is 4.72 Å². The molecule has 0 aliphatic carbocycles. The highest BCUT2D eigenvalue weighted by atomic mass is 35.5. The third-order valence-electron chi connectivity index (χ3n) is 1.48. The molecule has 6 heteroatoms. The zero-order valence-electron chi connectivity index (χ0n) is 8.46. The van der Waals surface area contributed by atoms with E-state index >= 15 is 0 Å². The monoisotopic (exact) mass is 243 g/mol. The van der Waals surface area contributed by atoms with E-state index in [9.17, 15) is 8.42 Å². The van der Waals surface area contributed by atoms with Crippen LogP contribution in [0.4, 0.5) is 0 Å². The molecular formula is C8H18ClNO3S. The average molecular weight is 244 g/mol. The van der Waals surface area contributed by atoms with Crippen molar-refractivity contribution in [3.63, 3.8) is 0 Å². The first kappa shape index (κ1) is 14.2. The van der Waals surface area contributed by atoms with Gasteiger partial charge in [-0.1, -0.05) is 6.92 Å². The molecule has 0 rings (SSSR count). The molecule has 0 aromatic heterocycles. The number of nitrogens with one attached hydrogen (secondary N) is 1. The molecule has 0 bridgehead atoms. The molecule has 1 N–H and O–H groups in total. The molecule has 0 unspecified atom stereocenters. The van der Waals surface area contributed by atoms with Crippen LogP contribution in [0.15, 0.2) is 0 Å². The van der Waals surface area contributed by atoms with Gasteiger partial charge in [0.2, 0.25) is 10.0 Å². The molecule has 0 heterocycles. The highest BCUT2D eigenvalue weighted by Gasteiger charge is 2.06. The van der Waals surface area contributed by atoms with Gasteiger partial charge in [0.1, 0.15) is 0 Å². The summed E-state index contributed by atoms with van der Waals surface area (Å²) in [6.45, 7) is 3.78. The van der Waals surface area contributed by atoms with Gasteiger partial charge in [-0.25, -0.2) is 13.1 Å². The third kappa shape index (κ3) is 8.74. The van der Waals surface area contributed by atoms with Gasteiger partial charge in [0.25, 0.3) is 0 Å². The summed E-state index contributed by atoms with van der Waals surface area (Å²) in [6.07, 6.45) is 1.68. The van der Waals surface area contributed by atoms with E-state index in [0.29, 0.717) is 19.6 Å². The topological polar surface area (TPSA) is 55.4 Å². The number of hydrogen-bond acceptors (Lipinski definition) is 3. The Labute approximate surface area is 91.0 Å². The van der Waals surface area contributed by atoms with Crippen molar-refractivity contribution in [2.75, 3.05) is 31.4 Å². The van der Waals surface area contributed by atoms with E-state index in [1.165, 1.54) is 0 Å². The Morgan fingerprint density at radius 3 is 2.64 bits per heavy atom. The molecule has 4 nitrogen and oxygen atoms in total. The molecule has 0 atom stereocenters. The summed E-state index contributed by atoms with van der Waals surface area (Å²) in [6, 6.07) is 0. The van der Waals surface area contributed by atoms with Crippen molar-refractivity contribution in [1.29, 1.82) is 0 Å². The van der Waals surface area contributed by atoms with E-state index in [4.69, 9.17) is 16.3 Å². The smallest absolute Gasteiger partial charge is 0.212 e. The van der Waals surface area contributed by atoms with Crippen LogP contribution in [0.2, 0.25) is 0 Å². The molecule has 0 amide bonds. The standard InChI is InChI=1S/C8H18ClNO3S/c1-2-6-13-7-3-5-10-14(11,12)8-4-9/h10H,2-8H2,1H3. The number of sulfonamides is 1. The van der Waals surface area contributed by atoms with Gasteiger partial charge in [-0.2, -0.15) is 0 Å². The molecule has 0 aliphatic rings. The molecule has 86 valence electrons. The first-order chi connectivity index (χ1) is 6.62. The molecule has 0 fully saturated rings. The van der Waals surface area contributed by atoms with E-state index in [1.807, 2.05) is 6.92 Å². The largest absolute Gasteiger partial charge is 0.381 e. The van der Waals surface area contributed by atoms with Crippen molar-refractivity contribution in [3.8, 4) is 0 Å². The Balaban J connectivity index is 3.35. The maximum absolute atomic E-state index is 11.1. The second-order valence-corrected chi connectivity index (χ2v) is 5.17. The fraction of sp³-hybridized carbons (Fsp3) is 1.00. The summed E-state index contributed by atoms with van der Waals surface area (Å²) in [5, 5.41) is 0. The van der Waals surface area contributed by atoms with Gasteiger partial charge in [-0.05, 0) is 12.8 Å². The maximum Gasteiger partial charge on any atom is 0.212 e. The molecule has 0 aromatic rings. The summed E-state index contributed by atoms with van der Waals surface area (Å²) in [7, 11) is -3.16. The molecule has 14 heavy (non-hydrogen) atoms. The van der Waals surface area contributed by atoms with Crippen LogP contribution >= 0.6 is 11.6 Å². The molecular weight excluding hydrogens is 226 g/mol. The average Bonchev–Trinajstić information content (AvgIpc) is 2.11. The molecule has 0 radical (unpaired) electrons. The molecule has 0 saturated heterocycles. The Hall–Kier alpha value is 0.160. The van der Waals surface area contributed by atoms with Crippen LogP contribution in [0.5, 0.6) is 0 Å². The van der Waals surface area contributed by atoms with E-state index in [0.717, 1.165) is 13.0 Å². The zero-order chi connectivity index (χ0) is 10.9. The highest BCUT2D eigenvalue weighted by molar-refractivity contribution is 7.89. The first-order valence-electron chi connectivity index (χ1n) is 4.73. The van der Waals surface area contributed by atoms with E-state index in [2.05, 4.69) is 4.72 Å². The van der Waals surface area contributed by atoms with Crippen molar-refractivity contribution < 1.29 is 13.2 Å². The second-order valence-electron chi connectivity index (χ2n) is 2.87. The number of halogens is 1. The summed E-state index contributed by atoms with van der Waals surface area (Å²) >= 11 is 5.32. The van der Waals surface area contributed by atoms with E-state index < -0.39 is 10.0 Å². The van der Waals surface area contributed by atoms with Gasteiger partial charge in [-0.3, -0.25) is 0 Å². The normalized spacial score (nSPS) is 11.9. The van der Waals surface area contributed by atoms with Gasteiger partial charge >= 0.3 is 0 Å². The summed E-state index contributed by atoms with van der Waals surface area (Å²) in [5.41, 5.74) is 0. The molecule has 0 saturated carbocycles.